The minimum Gasteiger partial charge on any atom is -0.397 e. The maximum absolute atomic E-state index is 5.65. The molecular weight excluding hydrogens is 194 g/mol. The van der Waals surface area contributed by atoms with E-state index in [9.17, 15) is 0 Å². The van der Waals surface area contributed by atoms with Crippen molar-refractivity contribution in [3.8, 4) is 0 Å². The average Bonchev–Trinajstić information content (AvgIpc) is 2.73. The van der Waals surface area contributed by atoms with Crippen molar-refractivity contribution in [3.63, 3.8) is 0 Å². The summed E-state index contributed by atoms with van der Waals surface area (Å²) in [4.78, 5) is 7.99. The van der Waals surface area contributed by atoms with Crippen LogP contribution < -0.4 is 11.1 Å². The van der Waals surface area contributed by atoms with Gasteiger partial charge in [0.1, 0.15) is 5.82 Å². The molecule has 3 N–H and O–H groups in total. The third-order valence-corrected chi connectivity index (χ3v) is 1.99. The number of aromatic nitrogens is 3. The largest absolute Gasteiger partial charge is 0.397 e. The van der Waals surface area contributed by atoms with Crippen LogP contribution in [0.5, 0.6) is 0 Å². The number of hydrogen-bond donors (Lipinski definition) is 2. The lowest BCUT2D eigenvalue weighted by Crippen LogP contribution is -2.03. The quantitative estimate of drug-likeness (QED) is 0.775. The van der Waals surface area contributed by atoms with Gasteiger partial charge in [-0.15, -0.1) is 0 Å². The molecule has 0 unspecified atom stereocenters. The first-order valence-electron chi connectivity index (χ1n) is 4.47. The lowest BCUT2D eigenvalue weighted by Gasteiger charge is -2.04. The van der Waals surface area contributed by atoms with Gasteiger partial charge in [-0.3, -0.25) is 0 Å². The van der Waals surface area contributed by atoms with Crippen molar-refractivity contribution in [2.24, 2.45) is 0 Å². The van der Waals surface area contributed by atoms with Crippen molar-refractivity contribution < 1.29 is 4.52 Å². The molecular formula is C9H11N5O. The molecule has 0 aliphatic heterocycles. The molecule has 0 saturated heterocycles. The molecule has 0 aliphatic carbocycles. The maximum atomic E-state index is 5.65. The van der Waals surface area contributed by atoms with Crippen LogP contribution in [0.1, 0.15) is 11.4 Å². The molecule has 15 heavy (non-hydrogen) atoms. The van der Waals surface area contributed by atoms with Crippen molar-refractivity contribution >= 4 is 11.5 Å². The van der Waals surface area contributed by atoms with Crippen molar-refractivity contribution in [1.29, 1.82) is 0 Å². The zero-order chi connectivity index (χ0) is 10.7. The Morgan fingerprint density at radius 1 is 1.47 bits per heavy atom. The average molecular weight is 205 g/mol. The second-order valence-electron chi connectivity index (χ2n) is 3.13. The fraction of sp³-hybridized carbons (Fsp3) is 0.222. The molecule has 78 valence electrons. The third-order valence-electron chi connectivity index (χ3n) is 1.99. The second kappa shape index (κ2) is 3.95. The highest BCUT2D eigenvalue weighted by atomic mass is 16.5. The van der Waals surface area contributed by atoms with Crippen LogP contribution in [0.3, 0.4) is 0 Å². The van der Waals surface area contributed by atoms with Gasteiger partial charge in [0.2, 0.25) is 6.39 Å². The van der Waals surface area contributed by atoms with Crippen LogP contribution in [0.4, 0.5) is 11.5 Å². The third kappa shape index (κ3) is 2.22. The van der Waals surface area contributed by atoms with Crippen LogP contribution in [0.15, 0.2) is 23.2 Å². The Morgan fingerprint density at radius 3 is 3.00 bits per heavy atom. The van der Waals surface area contributed by atoms with Gasteiger partial charge in [0, 0.05) is 0 Å². The van der Waals surface area contributed by atoms with Crippen LogP contribution in [-0.2, 0) is 6.54 Å². The normalized spacial score (nSPS) is 10.2. The Kier molecular flexibility index (Phi) is 2.49. The number of nitrogens with two attached hydrogens (primary N) is 1. The Bertz CT molecular complexity index is 440. The predicted molar refractivity (Wildman–Crippen MR) is 55.0 cm³/mol. The molecule has 0 fully saturated rings. The summed E-state index contributed by atoms with van der Waals surface area (Å²) < 4.78 is 4.60. The van der Waals surface area contributed by atoms with Gasteiger partial charge >= 0.3 is 0 Å². The molecule has 2 heterocycles. The van der Waals surface area contributed by atoms with E-state index in [4.69, 9.17) is 5.73 Å². The second-order valence-corrected chi connectivity index (χ2v) is 3.13. The molecule has 0 aliphatic rings. The molecule has 0 bridgehead atoms. The van der Waals surface area contributed by atoms with Gasteiger partial charge in [0.05, 0.1) is 18.4 Å². The SMILES string of the molecule is Cc1cc(NCc2ncon2)ncc1N. The lowest BCUT2D eigenvalue weighted by molar-refractivity contribution is 0.411. The van der Waals surface area contributed by atoms with E-state index in [0.717, 1.165) is 11.4 Å². The van der Waals surface area contributed by atoms with E-state index in [2.05, 4.69) is 25.0 Å². The monoisotopic (exact) mass is 205 g/mol. The first-order chi connectivity index (χ1) is 7.25. The first kappa shape index (κ1) is 9.45. The van der Waals surface area contributed by atoms with Crippen LogP contribution in [-0.4, -0.2) is 15.1 Å². The molecule has 6 nitrogen and oxygen atoms in total. The fourth-order valence-electron chi connectivity index (χ4n) is 1.10. The van der Waals surface area contributed by atoms with Crippen molar-refractivity contribution in [2.45, 2.75) is 13.5 Å². The summed E-state index contributed by atoms with van der Waals surface area (Å²) in [5.41, 5.74) is 7.32. The summed E-state index contributed by atoms with van der Waals surface area (Å²) in [6.45, 7) is 2.41. The van der Waals surface area contributed by atoms with E-state index in [1.54, 1.807) is 6.20 Å². The van der Waals surface area contributed by atoms with Gasteiger partial charge in [-0.05, 0) is 18.6 Å². The molecule has 0 saturated carbocycles. The highest BCUT2D eigenvalue weighted by Crippen LogP contribution is 2.13. The minimum atomic E-state index is 0.479. The Hall–Kier alpha value is -2.11. The minimum absolute atomic E-state index is 0.479. The van der Waals surface area contributed by atoms with E-state index in [1.165, 1.54) is 6.39 Å². The molecule has 6 heteroatoms. The smallest absolute Gasteiger partial charge is 0.213 e. The van der Waals surface area contributed by atoms with Gasteiger partial charge < -0.3 is 15.6 Å². The van der Waals surface area contributed by atoms with Gasteiger partial charge in [-0.25, -0.2) is 4.98 Å². The molecule has 0 atom stereocenters. The molecule has 0 amide bonds. The van der Waals surface area contributed by atoms with E-state index >= 15 is 0 Å². The molecule has 0 spiro atoms. The van der Waals surface area contributed by atoms with E-state index in [-0.39, 0.29) is 0 Å². The van der Waals surface area contributed by atoms with Gasteiger partial charge in [0.15, 0.2) is 5.82 Å². The number of hydrogen-bond acceptors (Lipinski definition) is 6. The summed E-state index contributed by atoms with van der Waals surface area (Å²) in [6, 6.07) is 1.87. The first-order valence-corrected chi connectivity index (χ1v) is 4.47. The number of aryl methyl sites for hydroxylation is 1. The van der Waals surface area contributed by atoms with Crippen LogP contribution in [0.2, 0.25) is 0 Å². The standard InChI is InChI=1S/C9H11N5O/c1-6-2-8(11-3-7(6)10)12-4-9-13-5-15-14-9/h2-3,5H,4,10H2,1H3,(H,11,12). The Labute approximate surface area is 86.5 Å². The molecule has 2 aromatic rings. The molecule has 0 radical (unpaired) electrons. The molecule has 0 aromatic carbocycles. The molecule has 2 rings (SSSR count). The summed E-state index contributed by atoms with van der Waals surface area (Å²) in [5, 5.41) is 6.73. The van der Waals surface area contributed by atoms with E-state index in [0.29, 0.717) is 18.1 Å². The van der Waals surface area contributed by atoms with E-state index < -0.39 is 0 Å². The van der Waals surface area contributed by atoms with Gasteiger partial charge in [0.25, 0.3) is 0 Å². The maximum Gasteiger partial charge on any atom is 0.213 e. The predicted octanol–water partition coefficient (Wildman–Crippen LogP) is 0.967. The Balaban J connectivity index is 2.02. The summed E-state index contributed by atoms with van der Waals surface area (Å²) in [5.74, 6) is 1.33. The number of anilines is 2. The highest BCUT2D eigenvalue weighted by molar-refractivity contribution is 5.50. The van der Waals surface area contributed by atoms with Crippen molar-refractivity contribution in [3.05, 3.63) is 30.0 Å². The Morgan fingerprint density at radius 2 is 2.33 bits per heavy atom. The summed E-state index contributed by atoms with van der Waals surface area (Å²) in [7, 11) is 0. The van der Waals surface area contributed by atoms with Gasteiger partial charge in [-0.2, -0.15) is 4.98 Å². The van der Waals surface area contributed by atoms with E-state index in [1.807, 2.05) is 13.0 Å². The summed E-state index contributed by atoms with van der Waals surface area (Å²) in [6.07, 6.45) is 2.91. The zero-order valence-corrected chi connectivity index (χ0v) is 8.27. The van der Waals surface area contributed by atoms with Crippen LogP contribution >= 0.6 is 0 Å². The topological polar surface area (TPSA) is 89.9 Å². The molecule has 2 aromatic heterocycles. The number of rotatable bonds is 3. The lowest BCUT2D eigenvalue weighted by atomic mass is 10.2. The van der Waals surface area contributed by atoms with Crippen molar-refractivity contribution in [1.82, 2.24) is 15.1 Å². The van der Waals surface area contributed by atoms with Gasteiger partial charge in [-0.1, -0.05) is 5.16 Å². The van der Waals surface area contributed by atoms with Crippen molar-refractivity contribution in [2.75, 3.05) is 11.1 Å². The zero-order valence-electron chi connectivity index (χ0n) is 8.27. The number of nitrogens with one attached hydrogen (secondary N) is 1. The number of nitrogens with zero attached hydrogens (tertiary/aromatic N) is 3. The van der Waals surface area contributed by atoms with Crippen LogP contribution in [0.25, 0.3) is 0 Å². The number of nitrogen functional groups attached to an aromatic ring is 1. The van der Waals surface area contributed by atoms with Crippen LogP contribution in [0, 0.1) is 6.92 Å². The number of pyridine rings is 1. The highest BCUT2D eigenvalue weighted by Gasteiger charge is 2.00. The summed E-state index contributed by atoms with van der Waals surface area (Å²) >= 11 is 0. The fourth-order valence-corrected chi connectivity index (χ4v) is 1.10.